The Bertz CT molecular complexity index is 703. The van der Waals surface area contributed by atoms with Gasteiger partial charge in [-0.2, -0.15) is 4.31 Å². The number of rotatable bonds is 5. The van der Waals surface area contributed by atoms with E-state index >= 15 is 0 Å². The summed E-state index contributed by atoms with van der Waals surface area (Å²) in [5.74, 6) is -0.511. The summed E-state index contributed by atoms with van der Waals surface area (Å²) in [6, 6.07) is 1.39. The number of nitrogens with one attached hydrogen (secondary N) is 1. The third kappa shape index (κ3) is 4.79. The van der Waals surface area contributed by atoms with Crippen molar-refractivity contribution in [3.05, 3.63) is 22.8 Å². The number of nitrogen functional groups attached to an aromatic ring is 1. The van der Waals surface area contributed by atoms with E-state index in [1.807, 2.05) is 13.8 Å². The van der Waals surface area contributed by atoms with Crippen molar-refractivity contribution >= 4 is 33.3 Å². The third-order valence-corrected chi connectivity index (χ3v) is 5.66. The molecule has 0 aromatic carbocycles. The summed E-state index contributed by atoms with van der Waals surface area (Å²) in [5.41, 5.74) is 5.70. The predicted molar refractivity (Wildman–Crippen MR) is 91.4 cm³/mol. The van der Waals surface area contributed by atoms with E-state index in [0.717, 1.165) is 0 Å². The van der Waals surface area contributed by atoms with Gasteiger partial charge in [0.05, 0.1) is 28.5 Å². The van der Waals surface area contributed by atoms with Crippen molar-refractivity contribution in [3.8, 4) is 0 Å². The highest BCUT2D eigenvalue weighted by atomic mass is 35.5. The van der Waals surface area contributed by atoms with Gasteiger partial charge < -0.3 is 15.8 Å². The van der Waals surface area contributed by atoms with E-state index in [2.05, 4.69) is 10.3 Å². The van der Waals surface area contributed by atoms with Crippen LogP contribution in [0.2, 0.25) is 5.02 Å². The van der Waals surface area contributed by atoms with Crippen LogP contribution in [0.1, 0.15) is 24.2 Å². The molecule has 0 bridgehead atoms. The topological polar surface area (TPSA) is 115 Å². The van der Waals surface area contributed by atoms with Gasteiger partial charge in [0.15, 0.2) is 0 Å². The fourth-order valence-corrected chi connectivity index (χ4v) is 4.11. The molecular weight excluding hydrogens is 356 g/mol. The molecule has 2 heterocycles. The summed E-state index contributed by atoms with van der Waals surface area (Å²) in [4.78, 5) is 15.8. The second-order valence-electron chi connectivity index (χ2n) is 5.74. The minimum atomic E-state index is -3.46. The Balaban J connectivity index is 1.90. The van der Waals surface area contributed by atoms with Crippen LogP contribution in [0.5, 0.6) is 0 Å². The van der Waals surface area contributed by atoms with Gasteiger partial charge in [-0.1, -0.05) is 11.6 Å². The first-order valence-electron chi connectivity index (χ1n) is 7.51. The number of sulfonamides is 1. The molecule has 1 fully saturated rings. The highest BCUT2D eigenvalue weighted by molar-refractivity contribution is 7.89. The van der Waals surface area contributed by atoms with Crippen molar-refractivity contribution in [1.29, 1.82) is 0 Å². The number of nitrogens with zero attached hydrogens (tertiary/aromatic N) is 2. The lowest BCUT2D eigenvalue weighted by Crippen LogP contribution is -2.49. The quantitative estimate of drug-likeness (QED) is 0.772. The fraction of sp³-hybridized carbons (Fsp3) is 0.571. The number of aromatic nitrogens is 1. The van der Waals surface area contributed by atoms with Crippen molar-refractivity contribution in [3.63, 3.8) is 0 Å². The van der Waals surface area contributed by atoms with E-state index < -0.39 is 15.9 Å². The fourth-order valence-electron chi connectivity index (χ4n) is 2.46. The zero-order valence-corrected chi connectivity index (χ0v) is 15.1. The van der Waals surface area contributed by atoms with Crippen molar-refractivity contribution in [2.24, 2.45) is 0 Å². The van der Waals surface area contributed by atoms with E-state index in [9.17, 15) is 13.2 Å². The molecule has 2 rings (SSSR count). The molecule has 0 radical (unpaired) electrons. The second kappa shape index (κ2) is 7.64. The number of nitrogens with two attached hydrogens (primary N) is 1. The number of amides is 1. The van der Waals surface area contributed by atoms with Crippen LogP contribution in [-0.4, -0.2) is 61.2 Å². The normalized spacial score (nSPS) is 22.3. The van der Waals surface area contributed by atoms with Crippen LogP contribution in [0, 0.1) is 0 Å². The van der Waals surface area contributed by atoms with Gasteiger partial charge in [-0.15, -0.1) is 0 Å². The van der Waals surface area contributed by atoms with Gasteiger partial charge in [-0.25, -0.2) is 13.4 Å². The molecule has 0 aliphatic carbocycles. The average Bonchev–Trinajstić information content (AvgIpc) is 2.48. The molecule has 24 heavy (non-hydrogen) atoms. The van der Waals surface area contributed by atoms with E-state index in [0.29, 0.717) is 13.1 Å². The molecule has 1 aromatic rings. The molecule has 2 atom stereocenters. The van der Waals surface area contributed by atoms with Crippen molar-refractivity contribution in [2.45, 2.75) is 26.1 Å². The summed E-state index contributed by atoms with van der Waals surface area (Å²) in [6.07, 6.45) is 0.985. The zero-order valence-electron chi connectivity index (χ0n) is 13.5. The summed E-state index contributed by atoms with van der Waals surface area (Å²) >= 11 is 5.81. The maximum absolute atomic E-state index is 12.4. The molecule has 8 nitrogen and oxygen atoms in total. The number of ether oxygens (including phenoxy) is 1. The minimum Gasteiger partial charge on any atom is -0.382 e. The molecule has 0 saturated carbocycles. The molecule has 1 amide bonds. The third-order valence-electron chi connectivity index (χ3n) is 3.56. The number of pyridine rings is 1. The number of halogens is 1. The second-order valence-corrected chi connectivity index (χ2v) is 8.23. The Morgan fingerprint density at radius 3 is 2.67 bits per heavy atom. The monoisotopic (exact) mass is 376 g/mol. The first kappa shape index (κ1) is 18.9. The predicted octanol–water partition coefficient (Wildman–Crippen LogP) is 0.486. The van der Waals surface area contributed by atoms with Crippen molar-refractivity contribution in [1.82, 2.24) is 14.6 Å². The van der Waals surface area contributed by atoms with E-state index in [1.54, 1.807) is 0 Å². The largest absolute Gasteiger partial charge is 0.382 e. The van der Waals surface area contributed by atoms with Crippen LogP contribution < -0.4 is 11.1 Å². The highest BCUT2D eigenvalue weighted by Gasteiger charge is 2.30. The maximum atomic E-state index is 12.4. The smallest absolute Gasteiger partial charge is 0.252 e. The molecule has 1 aliphatic rings. The molecular formula is C14H21ClN4O4S. The standard InChI is InChI=1S/C14H21ClN4O4S/c1-9-7-19(8-10(2)23-9)24(21,22)4-3-17-14(20)11-5-12(15)13(16)18-6-11/h5-6,9-10H,3-4,7-8H2,1-2H3,(H2,16,18)(H,17,20). The highest BCUT2D eigenvalue weighted by Crippen LogP contribution is 2.17. The number of morpholine rings is 1. The van der Waals surface area contributed by atoms with Gasteiger partial charge in [0.1, 0.15) is 5.82 Å². The molecule has 134 valence electrons. The first-order chi connectivity index (χ1) is 11.2. The molecule has 1 aliphatic heterocycles. The van der Waals surface area contributed by atoms with Crippen LogP contribution in [-0.2, 0) is 14.8 Å². The zero-order chi connectivity index (χ0) is 17.9. The summed E-state index contributed by atoms with van der Waals surface area (Å²) in [5, 5.41) is 2.72. The Kier molecular flexibility index (Phi) is 6.02. The van der Waals surface area contributed by atoms with Crippen molar-refractivity contribution in [2.75, 3.05) is 31.1 Å². The van der Waals surface area contributed by atoms with Gasteiger partial charge in [0.25, 0.3) is 5.91 Å². The lowest BCUT2D eigenvalue weighted by atomic mass is 10.2. The number of anilines is 1. The molecule has 1 aromatic heterocycles. The Morgan fingerprint density at radius 2 is 2.08 bits per heavy atom. The van der Waals surface area contributed by atoms with Crippen LogP contribution in [0.25, 0.3) is 0 Å². The number of carbonyl (C=O) groups excluding carboxylic acids is 1. The molecule has 2 unspecified atom stereocenters. The lowest BCUT2D eigenvalue weighted by Gasteiger charge is -2.34. The molecule has 3 N–H and O–H groups in total. The SMILES string of the molecule is CC1CN(S(=O)(=O)CCNC(=O)c2cnc(N)c(Cl)c2)CC(C)O1. The Hall–Kier alpha value is -1.42. The summed E-state index contributed by atoms with van der Waals surface area (Å²) in [6.45, 7) is 4.29. The summed E-state index contributed by atoms with van der Waals surface area (Å²) < 4.78 is 31.7. The van der Waals surface area contributed by atoms with Crippen LogP contribution >= 0.6 is 11.6 Å². The van der Waals surface area contributed by atoms with Crippen LogP contribution in [0.4, 0.5) is 5.82 Å². The molecule has 0 spiro atoms. The number of hydrogen-bond donors (Lipinski definition) is 2. The van der Waals surface area contributed by atoms with Crippen LogP contribution in [0.3, 0.4) is 0 Å². The van der Waals surface area contributed by atoms with Crippen molar-refractivity contribution < 1.29 is 17.9 Å². The molecule has 10 heteroatoms. The number of carbonyl (C=O) groups is 1. The van der Waals surface area contributed by atoms with E-state index in [4.69, 9.17) is 22.1 Å². The summed E-state index contributed by atoms with van der Waals surface area (Å²) in [7, 11) is -3.46. The maximum Gasteiger partial charge on any atom is 0.252 e. The molecule has 1 saturated heterocycles. The van der Waals surface area contributed by atoms with Crippen LogP contribution in [0.15, 0.2) is 12.3 Å². The van der Waals surface area contributed by atoms with E-state index in [-0.39, 0.29) is 40.9 Å². The van der Waals surface area contributed by atoms with Gasteiger partial charge in [0, 0.05) is 25.8 Å². The lowest BCUT2D eigenvalue weighted by molar-refractivity contribution is -0.0440. The first-order valence-corrected chi connectivity index (χ1v) is 9.50. The minimum absolute atomic E-state index is 0.0106. The van der Waals surface area contributed by atoms with Gasteiger partial charge in [0.2, 0.25) is 10.0 Å². The number of hydrogen-bond acceptors (Lipinski definition) is 6. The Morgan fingerprint density at radius 1 is 1.46 bits per heavy atom. The average molecular weight is 377 g/mol. The van der Waals surface area contributed by atoms with Gasteiger partial charge in [-0.3, -0.25) is 4.79 Å². The van der Waals surface area contributed by atoms with Gasteiger partial charge in [-0.05, 0) is 19.9 Å². The Labute approximate surface area is 146 Å². The van der Waals surface area contributed by atoms with E-state index in [1.165, 1.54) is 16.6 Å². The van der Waals surface area contributed by atoms with Gasteiger partial charge >= 0.3 is 0 Å².